The Kier molecular flexibility index (Phi) is 4.32. The van der Waals surface area contributed by atoms with E-state index in [1.165, 1.54) is 0 Å². The maximum absolute atomic E-state index is 13.1. The molecule has 6 heteroatoms. The predicted octanol–water partition coefficient (Wildman–Crippen LogP) is 2.50. The molecule has 0 aliphatic heterocycles. The van der Waals surface area contributed by atoms with Crippen LogP contribution in [0, 0.1) is 17.5 Å². The quantitative estimate of drug-likeness (QED) is 0.839. The van der Waals surface area contributed by atoms with Gasteiger partial charge in [0.2, 0.25) is 0 Å². The van der Waals surface area contributed by atoms with E-state index in [-0.39, 0.29) is 12.1 Å². The molecule has 1 aliphatic rings. The van der Waals surface area contributed by atoms with E-state index in [1.807, 2.05) is 0 Å². The number of halogens is 3. The zero-order chi connectivity index (χ0) is 14.8. The van der Waals surface area contributed by atoms with Gasteiger partial charge in [0, 0.05) is 12.1 Å². The Balaban J connectivity index is 2.19. The molecule has 0 atom stereocenters. The number of hydrogen-bond donors (Lipinski definition) is 2. The molecular weight excluding hydrogens is 269 g/mol. The zero-order valence-corrected chi connectivity index (χ0v) is 11.0. The van der Waals surface area contributed by atoms with Crippen molar-refractivity contribution in [2.24, 2.45) is 5.73 Å². The Morgan fingerprint density at radius 3 is 2.20 bits per heavy atom. The summed E-state index contributed by atoms with van der Waals surface area (Å²) in [5, 5.41) is 2.75. The largest absolute Gasteiger partial charge is 0.345 e. The molecule has 2 rings (SSSR count). The fraction of sp³-hybridized carbons (Fsp3) is 0.500. The molecular formula is C14H17F3N2O. The van der Waals surface area contributed by atoms with Crippen molar-refractivity contribution >= 4 is 5.91 Å². The second-order valence-electron chi connectivity index (χ2n) is 5.25. The number of hydrogen-bond acceptors (Lipinski definition) is 2. The first-order valence-corrected chi connectivity index (χ1v) is 6.64. The van der Waals surface area contributed by atoms with Crippen LogP contribution in [0.4, 0.5) is 13.2 Å². The fourth-order valence-electron chi connectivity index (χ4n) is 2.61. The van der Waals surface area contributed by atoms with Gasteiger partial charge < -0.3 is 11.1 Å². The van der Waals surface area contributed by atoms with Crippen molar-refractivity contribution < 1.29 is 18.0 Å². The number of nitrogens with one attached hydrogen (secondary N) is 1. The molecule has 0 aromatic heterocycles. The summed E-state index contributed by atoms with van der Waals surface area (Å²) in [5.74, 6) is -4.95. The standard InChI is InChI=1S/C14H17F3N2O/c15-10-6-9(7-11(16)12(10)17)13(20)19-14(8-18)4-2-1-3-5-14/h6-7H,1-5,8,18H2,(H,19,20). The molecule has 0 bridgehead atoms. The van der Waals surface area contributed by atoms with E-state index in [0.717, 1.165) is 32.1 Å². The SMILES string of the molecule is NCC1(NC(=O)c2cc(F)c(F)c(F)c2)CCCCC1. The number of carbonyl (C=O) groups is 1. The van der Waals surface area contributed by atoms with Crippen LogP contribution in [-0.4, -0.2) is 18.0 Å². The minimum Gasteiger partial charge on any atom is -0.345 e. The Labute approximate surface area is 115 Å². The van der Waals surface area contributed by atoms with Gasteiger partial charge >= 0.3 is 0 Å². The van der Waals surface area contributed by atoms with Gasteiger partial charge in [-0.2, -0.15) is 0 Å². The van der Waals surface area contributed by atoms with Crippen molar-refractivity contribution in [3.8, 4) is 0 Å². The summed E-state index contributed by atoms with van der Waals surface area (Å²) in [6.07, 6.45) is 4.45. The average molecular weight is 286 g/mol. The van der Waals surface area contributed by atoms with E-state index in [1.54, 1.807) is 0 Å². The first-order valence-electron chi connectivity index (χ1n) is 6.64. The lowest BCUT2D eigenvalue weighted by Crippen LogP contribution is -2.54. The van der Waals surface area contributed by atoms with Crippen LogP contribution in [-0.2, 0) is 0 Å². The molecule has 0 saturated heterocycles. The van der Waals surface area contributed by atoms with Gasteiger partial charge in [0.15, 0.2) is 17.5 Å². The topological polar surface area (TPSA) is 55.1 Å². The first-order chi connectivity index (χ1) is 9.47. The smallest absolute Gasteiger partial charge is 0.251 e. The summed E-state index contributed by atoms with van der Waals surface area (Å²) in [6.45, 7) is 0.269. The van der Waals surface area contributed by atoms with E-state index in [0.29, 0.717) is 12.1 Å². The van der Waals surface area contributed by atoms with Crippen molar-refractivity contribution in [1.29, 1.82) is 0 Å². The van der Waals surface area contributed by atoms with Crippen LogP contribution in [0.1, 0.15) is 42.5 Å². The predicted molar refractivity (Wildman–Crippen MR) is 68.7 cm³/mol. The summed E-state index contributed by atoms with van der Waals surface area (Å²) >= 11 is 0. The van der Waals surface area contributed by atoms with Gasteiger partial charge in [-0.05, 0) is 25.0 Å². The van der Waals surface area contributed by atoms with Gasteiger partial charge in [-0.1, -0.05) is 19.3 Å². The van der Waals surface area contributed by atoms with Crippen LogP contribution in [0.3, 0.4) is 0 Å². The molecule has 3 N–H and O–H groups in total. The van der Waals surface area contributed by atoms with Crippen molar-refractivity contribution in [3.63, 3.8) is 0 Å². The van der Waals surface area contributed by atoms with Gasteiger partial charge in [0.1, 0.15) is 0 Å². The molecule has 0 spiro atoms. The Morgan fingerprint density at radius 2 is 1.70 bits per heavy atom. The second-order valence-corrected chi connectivity index (χ2v) is 5.25. The van der Waals surface area contributed by atoms with Crippen LogP contribution >= 0.6 is 0 Å². The Morgan fingerprint density at radius 1 is 1.15 bits per heavy atom. The lowest BCUT2D eigenvalue weighted by atomic mass is 9.81. The lowest BCUT2D eigenvalue weighted by Gasteiger charge is -2.37. The number of nitrogens with two attached hydrogens (primary N) is 1. The van der Waals surface area contributed by atoms with Crippen molar-refractivity contribution in [2.75, 3.05) is 6.54 Å². The second kappa shape index (κ2) is 5.83. The maximum atomic E-state index is 13.1. The molecule has 20 heavy (non-hydrogen) atoms. The van der Waals surface area contributed by atoms with E-state index >= 15 is 0 Å². The number of amides is 1. The van der Waals surface area contributed by atoms with Crippen molar-refractivity contribution in [3.05, 3.63) is 35.1 Å². The molecule has 110 valence electrons. The normalized spacial score (nSPS) is 17.8. The van der Waals surface area contributed by atoms with Crippen LogP contribution in [0.5, 0.6) is 0 Å². The highest BCUT2D eigenvalue weighted by Crippen LogP contribution is 2.27. The molecule has 3 nitrogen and oxygen atoms in total. The molecule has 1 aromatic carbocycles. The van der Waals surface area contributed by atoms with Crippen LogP contribution < -0.4 is 11.1 Å². The van der Waals surface area contributed by atoms with Crippen molar-refractivity contribution in [1.82, 2.24) is 5.32 Å². The first kappa shape index (κ1) is 14.8. The van der Waals surface area contributed by atoms with E-state index in [9.17, 15) is 18.0 Å². The van der Waals surface area contributed by atoms with Crippen molar-refractivity contribution in [2.45, 2.75) is 37.6 Å². The summed E-state index contributed by atoms with van der Waals surface area (Å²) in [4.78, 5) is 12.1. The number of carbonyl (C=O) groups excluding carboxylic acids is 1. The van der Waals surface area contributed by atoms with Crippen LogP contribution in [0.2, 0.25) is 0 Å². The molecule has 1 saturated carbocycles. The van der Waals surface area contributed by atoms with Crippen LogP contribution in [0.25, 0.3) is 0 Å². The highest BCUT2D eigenvalue weighted by Gasteiger charge is 2.32. The fourth-order valence-corrected chi connectivity index (χ4v) is 2.61. The Bertz CT molecular complexity index is 490. The van der Waals surface area contributed by atoms with E-state index in [2.05, 4.69) is 5.32 Å². The molecule has 1 fully saturated rings. The summed E-state index contributed by atoms with van der Waals surface area (Å²) in [7, 11) is 0. The maximum Gasteiger partial charge on any atom is 0.251 e. The van der Waals surface area contributed by atoms with Gasteiger partial charge in [-0.25, -0.2) is 13.2 Å². The molecule has 0 heterocycles. The minimum absolute atomic E-state index is 0.236. The molecule has 0 radical (unpaired) electrons. The van der Waals surface area contributed by atoms with Gasteiger partial charge in [-0.15, -0.1) is 0 Å². The molecule has 1 aliphatic carbocycles. The van der Waals surface area contributed by atoms with Gasteiger partial charge in [0.25, 0.3) is 5.91 Å². The third-order valence-electron chi connectivity index (χ3n) is 3.83. The summed E-state index contributed by atoms with van der Waals surface area (Å²) < 4.78 is 39.1. The zero-order valence-electron chi connectivity index (χ0n) is 11.0. The van der Waals surface area contributed by atoms with Gasteiger partial charge in [0.05, 0.1) is 5.54 Å². The molecule has 1 amide bonds. The molecule has 1 aromatic rings. The van der Waals surface area contributed by atoms with E-state index in [4.69, 9.17) is 5.73 Å². The molecule has 0 unspecified atom stereocenters. The lowest BCUT2D eigenvalue weighted by molar-refractivity contribution is 0.0873. The summed E-state index contributed by atoms with van der Waals surface area (Å²) in [5.41, 5.74) is 4.96. The Hall–Kier alpha value is -1.56. The third-order valence-corrected chi connectivity index (χ3v) is 3.83. The highest BCUT2D eigenvalue weighted by atomic mass is 19.2. The van der Waals surface area contributed by atoms with E-state index < -0.39 is 28.9 Å². The average Bonchev–Trinajstić information content (AvgIpc) is 2.45. The minimum atomic E-state index is -1.58. The number of rotatable bonds is 3. The summed E-state index contributed by atoms with van der Waals surface area (Å²) in [6, 6.07) is 1.39. The monoisotopic (exact) mass is 286 g/mol. The highest BCUT2D eigenvalue weighted by molar-refractivity contribution is 5.94. The van der Waals surface area contributed by atoms with Crippen LogP contribution in [0.15, 0.2) is 12.1 Å². The van der Waals surface area contributed by atoms with Gasteiger partial charge in [-0.3, -0.25) is 4.79 Å². The third kappa shape index (κ3) is 2.95. The number of benzene rings is 1.